The van der Waals surface area contributed by atoms with E-state index in [-0.39, 0.29) is 11.7 Å². The van der Waals surface area contributed by atoms with E-state index in [4.69, 9.17) is 23.2 Å². The van der Waals surface area contributed by atoms with E-state index in [0.717, 1.165) is 5.56 Å². The summed E-state index contributed by atoms with van der Waals surface area (Å²) in [4.78, 5) is 16.2. The molecule has 0 saturated heterocycles. The number of aromatic amines is 1. The second-order valence-corrected chi connectivity index (χ2v) is 5.49. The highest BCUT2D eigenvalue weighted by Gasteiger charge is 2.17. The minimum Gasteiger partial charge on any atom is -0.317 e. The van der Waals surface area contributed by atoms with Crippen molar-refractivity contribution in [2.45, 2.75) is 26.7 Å². The Hall–Kier alpha value is -1.59. The summed E-state index contributed by atoms with van der Waals surface area (Å²) in [6.45, 7) is 5.74. The zero-order valence-corrected chi connectivity index (χ0v) is 12.8. The van der Waals surface area contributed by atoms with E-state index in [2.05, 4.69) is 20.5 Å². The average Bonchev–Trinajstić information content (AvgIpc) is 2.89. The number of nitrogens with one attached hydrogen (secondary N) is 2. The van der Waals surface area contributed by atoms with Gasteiger partial charge in [0.15, 0.2) is 0 Å². The number of hydrogen-bond acceptors (Lipinski definition) is 3. The van der Waals surface area contributed by atoms with E-state index in [1.807, 2.05) is 20.8 Å². The van der Waals surface area contributed by atoms with E-state index in [9.17, 15) is 4.79 Å². The predicted molar refractivity (Wildman–Crippen MR) is 79.6 cm³/mol. The van der Waals surface area contributed by atoms with Crippen LogP contribution in [0.1, 0.15) is 41.8 Å². The number of aromatic nitrogens is 3. The molecule has 20 heavy (non-hydrogen) atoms. The van der Waals surface area contributed by atoms with Gasteiger partial charge in [-0.1, -0.05) is 43.1 Å². The second kappa shape index (κ2) is 5.81. The van der Waals surface area contributed by atoms with Crippen molar-refractivity contribution in [2.75, 3.05) is 5.32 Å². The number of amides is 1. The highest BCUT2D eigenvalue weighted by Crippen LogP contribution is 2.33. The first kappa shape index (κ1) is 14.8. The third kappa shape index (κ3) is 2.94. The van der Waals surface area contributed by atoms with Crippen molar-refractivity contribution < 1.29 is 4.79 Å². The van der Waals surface area contributed by atoms with Gasteiger partial charge in [-0.3, -0.25) is 9.89 Å². The Kier molecular flexibility index (Phi) is 4.30. The van der Waals surface area contributed by atoms with Crippen LogP contribution in [0.5, 0.6) is 0 Å². The van der Waals surface area contributed by atoms with Gasteiger partial charge < -0.3 is 5.32 Å². The molecule has 2 rings (SSSR count). The van der Waals surface area contributed by atoms with Crippen LogP contribution in [0, 0.1) is 6.92 Å². The van der Waals surface area contributed by atoms with Gasteiger partial charge in [-0.15, -0.1) is 5.10 Å². The smallest absolute Gasteiger partial charge is 0.295 e. The van der Waals surface area contributed by atoms with Crippen LogP contribution >= 0.6 is 23.2 Å². The van der Waals surface area contributed by atoms with E-state index >= 15 is 0 Å². The molecule has 0 atom stereocenters. The van der Waals surface area contributed by atoms with Gasteiger partial charge in [-0.05, 0) is 18.6 Å². The highest BCUT2D eigenvalue weighted by atomic mass is 35.5. The topological polar surface area (TPSA) is 70.7 Å². The second-order valence-electron chi connectivity index (χ2n) is 4.71. The fraction of sp³-hybridized carbons (Fsp3) is 0.308. The number of carbonyl (C=O) groups excluding carboxylic acids is 1. The van der Waals surface area contributed by atoms with Crippen molar-refractivity contribution in [1.29, 1.82) is 0 Å². The van der Waals surface area contributed by atoms with Gasteiger partial charge in [0.05, 0.1) is 15.7 Å². The first-order chi connectivity index (χ1) is 9.40. The Morgan fingerprint density at radius 1 is 1.35 bits per heavy atom. The third-order valence-corrected chi connectivity index (χ3v) is 3.58. The summed E-state index contributed by atoms with van der Waals surface area (Å²) < 4.78 is 0. The molecule has 0 radical (unpaired) electrons. The summed E-state index contributed by atoms with van der Waals surface area (Å²) in [5, 5.41) is 10.0. The summed E-state index contributed by atoms with van der Waals surface area (Å²) in [7, 11) is 0. The van der Waals surface area contributed by atoms with Crippen LogP contribution in [0.15, 0.2) is 12.1 Å². The molecule has 0 bridgehead atoms. The van der Waals surface area contributed by atoms with Crippen LogP contribution in [0.4, 0.5) is 5.69 Å². The maximum Gasteiger partial charge on any atom is 0.295 e. The summed E-state index contributed by atoms with van der Waals surface area (Å²) in [5.41, 5.74) is 1.19. The summed E-state index contributed by atoms with van der Waals surface area (Å²) in [6, 6.07) is 3.46. The lowest BCUT2D eigenvalue weighted by atomic mass is 10.2. The average molecular weight is 313 g/mol. The molecule has 1 amide bonds. The maximum atomic E-state index is 12.1. The Bertz CT molecular complexity index is 652. The molecule has 0 saturated carbocycles. The monoisotopic (exact) mass is 312 g/mol. The van der Waals surface area contributed by atoms with Crippen LogP contribution in [0.3, 0.4) is 0 Å². The van der Waals surface area contributed by atoms with Crippen molar-refractivity contribution in [2.24, 2.45) is 0 Å². The van der Waals surface area contributed by atoms with E-state index in [0.29, 0.717) is 21.6 Å². The minimum absolute atomic E-state index is 0.0577. The van der Waals surface area contributed by atoms with Crippen LogP contribution in [-0.2, 0) is 0 Å². The Morgan fingerprint density at radius 2 is 2.05 bits per heavy atom. The number of benzene rings is 1. The molecule has 0 spiro atoms. The number of carbonyl (C=O) groups is 1. The molecule has 7 heteroatoms. The summed E-state index contributed by atoms with van der Waals surface area (Å²) in [5.74, 6) is 0.414. The molecule has 0 aliphatic carbocycles. The largest absolute Gasteiger partial charge is 0.317 e. The standard InChI is InChI=1S/C13H14Cl2N4O/c1-6(2)11-17-12(19-18-11)13(20)16-10-8(14)5-4-7(3)9(10)15/h4-6H,1-3H3,(H,16,20)(H,17,18,19). The van der Waals surface area contributed by atoms with E-state index < -0.39 is 5.91 Å². The van der Waals surface area contributed by atoms with Gasteiger partial charge in [0.25, 0.3) is 5.91 Å². The minimum atomic E-state index is -0.456. The van der Waals surface area contributed by atoms with Gasteiger partial charge in [0.2, 0.25) is 5.82 Å². The summed E-state index contributed by atoms with van der Waals surface area (Å²) in [6.07, 6.45) is 0. The van der Waals surface area contributed by atoms with Crippen LogP contribution in [0.2, 0.25) is 10.0 Å². The normalized spacial score (nSPS) is 10.9. The Balaban J connectivity index is 2.25. The lowest BCUT2D eigenvalue weighted by Crippen LogP contribution is -2.14. The Morgan fingerprint density at radius 3 is 2.65 bits per heavy atom. The molecular weight excluding hydrogens is 299 g/mol. The molecule has 0 unspecified atom stereocenters. The maximum absolute atomic E-state index is 12.1. The van der Waals surface area contributed by atoms with Gasteiger partial charge in [-0.25, -0.2) is 4.98 Å². The van der Waals surface area contributed by atoms with Crippen molar-refractivity contribution in [3.05, 3.63) is 39.4 Å². The Labute approximate surface area is 126 Å². The number of H-pyrrole nitrogens is 1. The van der Waals surface area contributed by atoms with Gasteiger partial charge in [0.1, 0.15) is 5.82 Å². The molecule has 0 aliphatic heterocycles. The predicted octanol–water partition coefficient (Wildman–Crippen LogP) is 3.80. The molecule has 1 aromatic heterocycles. The zero-order valence-electron chi connectivity index (χ0n) is 11.3. The van der Waals surface area contributed by atoms with Crippen molar-refractivity contribution in [1.82, 2.24) is 15.2 Å². The van der Waals surface area contributed by atoms with Crippen LogP contribution in [0.25, 0.3) is 0 Å². The highest BCUT2D eigenvalue weighted by molar-refractivity contribution is 6.40. The molecule has 106 valence electrons. The fourth-order valence-electron chi connectivity index (χ4n) is 1.57. The zero-order chi connectivity index (χ0) is 14.9. The molecule has 1 heterocycles. The van der Waals surface area contributed by atoms with Crippen molar-refractivity contribution in [3.63, 3.8) is 0 Å². The number of anilines is 1. The number of aryl methyl sites for hydroxylation is 1. The molecule has 0 aliphatic rings. The number of halogens is 2. The van der Waals surface area contributed by atoms with Crippen molar-refractivity contribution >= 4 is 34.8 Å². The first-order valence-electron chi connectivity index (χ1n) is 6.08. The van der Waals surface area contributed by atoms with E-state index in [1.54, 1.807) is 12.1 Å². The molecule has 1 aromatic carbocycles. The molecule has 0 fully saturated rings. The van der Waals surface area contributed by atoms with E-state index in [1.165, 1.54) is 0 Å². The summed E-state index contributed by atoms with van der Waals surface area (Å²) >= 11 is 12.2. The molecule has 5 nitrogen and oxygen atoms in total. The quantitative estimate of drug-likeness (QED) is 0.905. The van der Waals surface area contributed by atoms with Crippen molar-refractivity contribution in [3.8, 4) is 0 Å². The third-order valence-electron chi connectivity index (χ3n) is 2.78. The van der Waals surface area contributed by atoms with Crippen LogP contribution in [-0.4, -0.2) is 21.1 Å². The SMILES string of the molecule is Cc1ccc(Cl)c(NC(=O)c2n[nH]c(C(C)C)n2)c1Cl. The van der Waals surface area contributed by atoms with Gasteiger partial charge in [0, 0.05) is 5.92 Å². The molecule has 2 aromatic rings. The van der Waals surface area contributed by atoms with Crippen LogP contribution < -0.4 is 5.32 Å². The van der Waals surface area contributed by atoms with Gasteiger partial charge >= 0.3 is 0 Å². The fourth-order valence-corrected chi connectivity index (χ4v) is 2.04. The number of rotatable bonds is 3. The molecular formula is C13H14Cl2N4O. The lowest BCUT2D eigenvalue weighted by molar-refractivity contribution is 0.101. The van der Waals surface area contributed by atoms with Gasteiger partial charge in [-0.2, -0.15) is 0 Å². The number of hydrogen-bond donors (Lipinski definition) is 2. The number of nitrogens with zero attached hydrogens (tertiary/aromatic N) is 2. The lowest BCUT2D eigenvalue weighted by Gasteiger charge is -2.09. The molecule has 2 N–H and O–H groups in total. The first-order valence-corrected chi connectivity index (χ1v) is 6.84.